The smallest absolute Gasteiger partial charge is 0.299 e. The first-order valence-corrected chi connectivity index (χ1v) is 5.64. The Kier molecular flexibility index (Phi) is 2.74. The molecule has 4 nitrogen and oxygen atoms in total. The van der Waals surface area contributed by atoms with Crippen molar-refractivity contribution in [3.63, 3.8) is 0 Å². The summed E-state index contributed by atoms with van der Waals surface area (Å²) in [4.78, 5) is 0. The summed E-state index contributed by atoms with van der Waals surface area (Å²) in [7, 11) is 1.52. The minimum Gasteiger partial charge on any atom is -0.393 e. The van der Waals surface area contributed by atoms with Crippen LogP contribution in [-0.4, -0.2) is 37.0 Å². The Morgan fingerprint density at radius 1 is 1.36 bits per heavy atom. The van der Waals surface area contributed by atoms with Crippen molar-refractivity contribution >= 4 is 19.9 Å². The number of rotatable bonds is 1. The van der Waals surface area contributed by atoms with Crippen LogP contribution in [-0.2, 0) is 9.24 Å². The monoisotopic (exact) mass is 199 g/mol. The Morgan fingerprint density at radius 3 is 2.18 bits per heavy atom. The van der Waals surface area contributed by atoms with E-state index in [9.17, 15) is 8.42 Å². The molecule has 1 rings (SSSR count). The van der Waals surface area contributed by atoms with E-state index in [-0.39, 0.29) is 6.10 Å². The third kappa shape index (κ3) is 2.59. The fourth-order valence-corrected chi connectivity index (χ4v) is 2.12. The van der Waals surface area contributed by atoms with Crippen molar-refractivity contribution in [2.24, 2.45) is 0 Å². The van der Waals surface area contributed by atoms with Crippen molar-refractivity contribution < 1.29 is 13.5 Å². The van der Waals surface area contributed by atoms with E-state index in [2.05, 4.69) is 0 Å². The number of aliphatic hydroxyl groups excluding tert-OH is 1. The predicted octanol–water partition coefficient (Wildman–Crippen LogP) is -0.0733. The van der Waals surface area contributed by atoms with Gasteiger partial charge in [-0.05, 0) is 12.8 Å². The molecule has 0 atom stereocenters. The molecule has 1 heterocycles. The molecule has 0 aromatic heterocycles. The van der Waals surface area contributed by atoms with E-state index in [0.717, 1.165) is 0 Å². The van der Waals surface area contributed by atoms with Crippen molar-refractivity contribution in [3.8, 4) is 0 Å². The highest BCUT2D eigenvalue weighted by Crippen LogP contribution is 2.15. The average Bonchev–Trinajstić information content (AvgIpc) is 1.86. The van der Waals surface area contributed by atoms with Crippen LogP contribution >= 0.6 is 10.7 Å². The second-order valence-electron chi connectivity index (χ2n) is 2.57. The maximum Gasteiger partial charge on any atom is 0.299 e. The highest BCUT2D eigenvalue weighted by atomic mass is 35.7. The molecule has 1 saturated heterocycles. The Morgan fingerprint density at radius 2 is 1.82 bits per heavy atom. The van der Waals surface area contributed by atoms with Crippen molar-refractivity contribution in [3.05, 3.63) is 0 Å². The topological polar surface area (TPSA) is 57.6 Å². The van der Waals surface area contributed by atoms with Crippen molar-refractivity contribution in [2.75, 3.05) is 13.1 Å². The molecule has 6 heteroatoms. The highest BCUT2D eigenvalue weighted by Gasteiger charge is 2.24. The molecule has 11 heavy (non-hydrogen) atoms. The molecular weight excluding hydrogens is 190 g/mol. The van der Waals surface area contributed by atoms with Gasteiger partial charge in [-0.3, -0.25) is 0 Å². The third-order valence-electron chi connectivity index (χ3n) is 1.73. The minimum absolute atomic E-state index is 0.326. The van der Waals surface area contributed by atoms with E-state index >= 15 is 0 Å². The Labute approximate surface area is 70.3 Å². The lowest BCUT2D eigenvalue weighted by molar-refractivity contribution is 0.114. The zero-order valence-corrected chi connectivity index (χ0v) is 7.48. The Bertz CT molecular complexity index is 220. The van der Waals surface area contributed by atoms with Crippen molar-refractivity contribution in [1.82, 2.24) is 4.31 Å². The molecule has 0 spiro atoms. The third-order valence-corrected chi connectivity index (χ3v) is 3.30. The standard InChI is InChI=1S/C5H10ClNO3S/c6-11(9,10)7-3-1-5(8)2-4-7/h5,8H,1-4H2. The van der Waals surface area contributed by atoms with Gasteiger partial charge < -0.3 is 5.11 Å². The number of nitrogens with zero attached hydrogens (tertiary/aromatic N) is 1. The Hall–Kier alpha value is 0.160. The van der Waals surface area contributed by atoms with E-state index in [0.29, 0.717) is 25.9 Å². The molecule has 1 aliphatic rings. The number of halogens is 1. The van der Waals surface area contributed by atoms with E-state index < -0.39 is 9.24 Å². The van der Waals surface area contributed by atoms with Gasteiger partial charge in [0, 0.05) is 23.8 Å². The molecule has 0 aliphatic carbocycles. The van der Waals surface area contributed by atoms with Gasteiger partial charge in [0.15, 0.2) is 0 Å². The van der Waals surface area contributed by atoms with Gasteiger partial charge in [-0.2, -0.15) is 12.7 Å². The molecular formula is C5H10ClNO3S. The second kappa shape index (κ2) is 3.26. The largest absolute Gasteiger partial charge is 0.393 e. The van der Waals surface area contributed by atoms with Gasteiger partial charge in [0.1, 0.15) is 0 Å². The van der Waals surface area contributed by atoms with Crippen LogP contribution in [0.5, 0.6) is 0 Å². The lowest BCUT2D eigenvalue weighted by atomic mass is 10.1. The molecule has 66 valence electrons. The molecule has 0 unspecified atom stereocenters. The summed E-state index contributed by atoms with van der Waals surface area (Å²) in [6, 6.07) is 0. The zero-order valence-electron chi connectivity index (χ0n) is 5.90. The summed E-state index contributed by atoms with van der Waals surface area (Å²) in [6.45, 7) is 0.653. The molecule has 0 aromatic carbocycles. The lowest BCUT2D eigenvalue weighted by Gasteiger charge is -2.25. The van der Waals surface area contributed by atoms with E-state index in [4.69, 9.17) is 15.8 Å². The van der Waals surface area contributed by atoms with Crippen LogP contribution in [0.1, 0.15) is 12.8 Å². The fraction of sp³-hybridized carbons (Fsp3) is 1.00. The number of hydrogen-bond acceptors (Lipinski definition) is 3. The van der Waals surface area contributed by atoms with Crippen LogP contribution in [0.3, 0.4) is 0 Å². The van der Waals surface area contributed by atoms with Crippen LogP contribution < -0.4 is 0 Å². The van der Waals surface area contributed by atoms with Crippen LogP contribution in [0, 0.1) is 0 Å². The molecule has 1 aliphatic heterocycles. The maximum atomic E-state index is 10.7. The first-order chi connectivity index (χ1) is 5.00. The van der Waals surface area contributed by atoms with E-state index in [1.807, 2.05) is 0 Å². The van der Waals surface area contributed by atoms with E-state index in [1.165, 1.54) is 4.31 Å². The average molecular weight is 200 g/mol. The van der Waals surface area contributed by atoms with E-state index in [1.54, 1.807) is 0 Å². The number of aliphatic hydroxyl groups is 1. The molecule has 0 saturated carbocycles. The predicted molar refractivity (Wildman–Crippen MR) is 41.6 cm³/mol. The van der Waals surface area contributed by atoms with Crippen LogP contribution in [0.15, 0.2) is 0 Å². The summed E-state index contributed by atoms with van der Waals surface area (Å²) < 4.78 is 22.6. The van der Waals surface area contributed by atoms with Gasteiger partial charge in [-0.25, -0.2) is 0 Å². The van der Waals surface area contributed by atoms with Gasteiger partial charge in [0.25, 0.3) is 9.24 Å². The maximum absolute atomic E-state index is 10.7. The van der Waals surface area contributed by atoms with Crippen molar-refractivity contribution in [2.45, 2.75) is 18.9 Å². The molecule has 0 radical (unpaired) electrons. The second-order valence-corrected chi connectivity index (χ2v) is 5.08. The SMILES string of the molecule is O=S(=O)(Cl)N1CCC(O)CC1. The zero-order chi connectivity index (χ0) is 8.48. The summed E-state index contributed by atoms with van der Waals surface area (Å²) in [6.07, 6.45) is 0.586. The van der Waals surface area contributed by atoms with Gasteiger partial charge in [-0.1, -0.05) is 0 Å². The Balaban J connectivity index is 2.53. The van der Waals surface area contributed by atoms with Gasteiger partial charge in [0.05, 0.1) is 6.10 Å². The van der Waals surface area contributed by atoms with Gasteiger partial charge >= 0.3 is 0 Å². The molecule has 0 aromatic rings. The first kappa shape index (κ1) is 9.25. The normalized spacial score (nSPS) is 23.8. The quantitative estimate of drug-likeness (QED) is 0.602. The minimum atomic E-state index is -3.55. The van der Waals surface area contributed by atoms with Gasteiger partial charge in [-0.15, -0.1) is 0 Å². The van der Waals surface area contributed by atoms with Crippen LogP contribution in [0.2, 0.25) is 0 Å². The highest BCUT2D eigenvalue weighted by molar-refractivity contribution is 8.11. The fourth-order valence-electron chi connectivity index (χ4n) is 1.06. The molecule has 0 bridgehead atoms. The summed E-state index contributed by atoms with van der Waals surface area (Å²) in [5, 5.41) is 9.03. The number of hydrogen-bond donors (Lipinski definition) is 1. The van der Waals surface area contributed by atoms with Crippen LogP contribution in [0.25, 0.3) is 0 Å². The lowest BCUT2D eigenvalue weighted by Crippen LogP contribution is -2.37. The van der Waals surface area contributed by atoms with Crippen LogP contribution in [0.4, 0.5) is 0 Å². The summed E-state index contributed by atoms with van der Waals surface area (Å²) >= 11 is 0. The number of piperidine rings is 1. The van der Waals surface area contributed by atoms with Gasteiger partial charge in [0.2, 0.25) is 0 Å². The van der Waals surface area contributed by atoms with Crippen molar-refractivity contribution in [1.29, 1.82) is 0 Å². The first-order valence-electron chi connectivity index (χ1n) is 3.38. The molecule has 1 fully saturated rings. The molecule has 0 amide bonds. The molecule has 1 N–H and O–H groups in total. The summed E-state index contributed by atoms with van der Waals surface area (Å²) in [5.74, 6) is 0. The summed E-state index contributed by atoms with van der Waals surface area (Å²) in [5.41, 5.74) is 0.